The molecule has 1 N–H and O–H groups in total. The minimum absolute atomic E-state index is 0.0277. The van der Waals surface area contributed by atoms with E-state index in [0.29, 0.717) is 19.0 Å². The van der Waals surface area contributed by atoms with Crippen LogP contribution >= 0.6 is 0 Å². The first-order valence-electron chi connectivity index (χ1n) is 9.55. The number of ether oxygens (including phenoxy) is 1. The van der Waals surface area contributed by atoms with Gasteiger partial charge in [0, 0.05) is 51.5 Å². The highest BCUT2D eigenvalue weighted by Crippen LogP contribution is 2.21. The summed E-state index contributed by atoms with van der Waals surface area (Å²) in [7, 11) is 0. The molecule has 0 saturated carbocycles. The molecule has 4 heterocycles. The molecular formula is C20H25N5O2. The molecule has 2 fully saturated rings. The van der Waals surface area contributed by atoms with Crippen LogP contribution in [-0.2, 0) is 9.53 Å². The van der Waals surface area contributed by atoms with Crippen LogP contribution in [0.25, 0.3) is 0 Å². The summed E-state index contributed by atoms with van der Waals surface area (Å²) in [4.78, 5) is 25.8. The Morgan fingerprint density at radius 2 is 1.78 bits per heavy atom. The Balaban J connectivity index is 1.31. The lowest BCUT2D eigenvalue weighted by Crippen LogP contribution is -2.46. The fraction of sp³-hybridized carbons (Fsp3) is 0.450. The Kier molecular flexibility index (Phi) is 5.48. The molecule has 0 spiro atoms. The second-order valence-corrected chi connectivity index (χ2v) is 6.94. The van der Waals surface area contributed by atoms with Crippen molar-refractivity contribution < 1.29 is 9.53 Å². The monoisotopic (exact) mass is 367 g/mol. The molecule has 2 aromatic heterocycles. The number of nitrogens with one attached hydrogen (secondary N) is 1. The van der Waals surface area contributed by atoms with Gasteiger partial charge >= 0.3 is 0 Å². The molecule has 0 atom stereocenters. The lowest BCUT2D eigenvalue weighted by Gasteiger charge is -2.36. The van der Waals surface area contributed by atoms with Crippen LogP contribution in [-0.4, -0.2) is 55.3 Å². The number of carbonyl (C=O) groups is 1. The number of rotatable bonds is 4. The first-order valence-corrected chi connectivity index (χ1v) is 9.55. The molecule has 2 aromatic rings. The average Bonchev–Trinajstić information content (AvgIpc) is 2.76. The molecule has 1 amide bonds. The van der Waals surface area contributed by atoms with Crippen LogP contribution in [0.3, 0.4) is 0 Å². The summed E-state index contributed by atoms with van der Waals surface area (Å²) in [6.07, 6.45) is 5.24. The predicted molar refractivity (Wildman–Crippen MR) is 105 cm³/mol. The van der Waals surface area contributed by atoms with E-state index in [0.717, 1.165) is 50.5 Å². The fourth-order valence-corrected chi connectivity index (χ4v) is 3.57. The van der Waals surface area contributed by atoms with Crippen LogP contribution in [0.1, 0.15) is 12.8 Å². The van der Waals surface area contributed by atoms with Crippen molar-refractivity contribution in [3.8, 4) is 0 Å². The zero-order valence-corrected chi connectivity index (χ0v) is 15.4. The van der Waals surface area contributed by atoms with E-state index in [9.17, 15) is 4.79 Å². The van der Waals surface area contributed by atoms with E-state index in [1.54, 1.807) is 0 Å². The lowest BCUT2D eigenvalue weighted by molar-refractivity contribution is -0.122. The number of carbonyl (C=O) groups excluding carboxylic acids is 1. The number of nitrogens with zero attached hydrogens (tertiary/aromatic N) is 4. The molecule has 0 aromatic carbocycles. The maximum Gasteiger partial charge on any atom is 0.228 e. The van der Waals surface area contributed by atoms with Crippen molar-refractivity contribution in [1.82, 2.24) is 9.97 Å². The Morgan fingerprint density at radius 3 is 2.44 bits per heavy atom. The summed E-state index contributed by atoms with van der Waals surface area (Å²) in [6.45, 7) is 5.03. The van der Waals surface area contributed by atoms with E-state index in [4.69, 9.17) is 4.74 Å². The molecular weight excluding hydrogens is 342 g/mol. The summed E-state index contributed by atoms with van der Waals surface area (Å²) in [6, 6.07) is 9.92. The summed E-state index contributed by atoms with van der Waals surface area (Å²) < 4.78 is 5.31. The Bertz CT molecular complexity index is 739. The van der Waals surface area contributed by atoms with Gasteiger partial charge in [-0.3, -0.25) is 4.79 Å². The number of pyridine rings is 2. The van der Waals surface area contributed by atoms with Crippen molar-refractivity contribution >= 4 is 23.2 Å². The van der Waals surface area contributed by atoms with Crippen molar-refractivity contribution in [2.75, 3.05) is 54.5 Å². The highest BCUT2D eigenvalue weighted by molar-refractivity contribution is 5.91. The van der Waals surface area contributed by atoms with Crippen LogP contribution < -0.4 is 15.1 Å². The van der Waals surface area contributed by atoms with Crippen LogP contribution in [0.5, 0.6) is 0 Å². The van der Waals surface area contributed by atoms with Crippen molar-refractivity contribution in [3.63, 3.8) is 0 Å². The normalized spacial score (nSPS) is 18.4. The van der Waals surface area contributed by atoms with E-state index < -0.39 is 0 Å². The van der Waals surface area contributed by atoms with Gasteiger partial charge in [-0.05, 0) is 37.1 Å². The zero-order valence-electron chi connectivity index (χ0n) is 15.4. The number of amides is 1. The smallest absolute Gasteiger partial charge is 0.228 e. The number of piperazine rings is 1. The SMILES string of the molecule is O=C(Nc1ccc(N2CCN(c3ccccn3)CC2)cn1)C1CCOCC1. The highest BCUT2D eigenvalue weighted by Gasteiger charge is 2.22. The Hall–Kier alpha value is -2.67. The summed E-state index contributed by atoms with van der Waals surface area (Å²) in [5.41, 5.74) is 1.08. The van der Waals surface area contributed by atoms with Gasteiger partial charge < -0.3 is 19.9 Å². The summed E-state index contributed by atoms with van der Waals surface area (Å²) in [5.74, 6) is 1.71. The van der Waals surface area contributed by atoms with E-state index in [1.807, 2.05) is 42.7 Å². The average molecular weight is 367 g/mol. The van der Waals surface area contributed by atoms with E-state index in [-0.39, 0.29) is 11.8 Å². The zero-order chi connectivity index (χ0) is 18.5. The van der Waals surface area contributed by atoms with Gasteiger partial charge in [-0.25, -0.2) is 9.97 Å². The van der Waals surface area contributed by atoms with Gasteiger partial charge in [0.2, 0.25) is 5.91 Å². The van der Waals surface area contributed by atoms with E-state index >= 15 is 0 Å². The Morgan fingerprint density at radius 1 is 1.00 bits per heavy atom. The summed E-state index contributed by atoms with van der Waals surface area (Å²) in [5, 5.41) is 2.93. The second kappa shape index (κ2) is 8.35. The minimum atomic E-state index is 0.0277. The first kappa shape index (κ1) is 17.7. The molecule has 142 valence electrons. The van der Waals surface area contributed by atoms with Crippen LogP contribution in [0.15, 0.2) is 42.7 Å². The summed E-state index contributed by atoms with van der Waals surface area (Å²) >= 11 is 0. The standard InChI is InChI=1S/C20H25N5O2/c26-20(16-6-13-27-14-7-16)23-18-5-4-17(15-22-18)24-9-11-25(12-10-24)19-3-1-2-8-21-19/h1-5,8,15-16H,6-7,9-14H2,(H,22,23,26). The molecule has 7 heteroatoms. The molecule has 4 rings (SSSR count). The molecule has 0 aliphatic carbocycles. The number of hydrogen-bond donors (Lipinski definition) is 1. The molecule has 7 nitrogen and oxygen atoms in total. The van der Waals surface area contributed by atoms with Gasteiger partial charge in [0.05, 0.1) is 11.9 Å². The molecule has 2 aliphatic heterocycles. The van der Waals surface area contributed by atoms with Crippen molar-refractivity contribution in [2.24, 2.45) is 5.92 Å². The van der Waals surface area contributed by atoms with Gasteiger partial charge in [-0.1, -0.05) is 6.07 Å². The number of hydrogen-bond acceptors (Lipinski definition) is 6. The quantitative estimate of drug-likeness (QED) is 0.893. The third kappa shape index (κ3) is 4.36. The Labute approximate surface area is 159 Å². The van der Waals surface area contributed by atoms with Crippen molar-refractivity contribution in [2.45, 2.75) is 12.8 Å². The number of anilines is 3. The highest BCUT2D eigenvalue weighted by atomic mass is 16.5. The largest absolute Gasteiger partial charge is 0.381 e. The topological polar surface area (TPSA) is 70.6 Å². The molecule has 0 bridgehead atoms. The molecule has 27 heavy (non-hydrogen) atoms. The van der Waals surface area contributed by atoms with Crippen LogP contribution in [0.4, 0.5) is 17.3 Å². The number of aromatic nitrogens is 2. The van der Waals surface area contributed by atoms with E-state index in [1.165, 1.54) is 0 Å². The van der Waals surface area contributed by atoms with Gasteiger partial charge in [0.25, 0.3) is 0 Å². The lowest BCUT2D eigenvalue weighted by atomic mass is 9.99. The maximum absolute atomic E-state index is 12.3. The van der Waals surface area contributed by atoms with Gasteiger partial charge in [0.1, 0.15) is 11.6 Å². The maximum atomic E-state index is 12.3. The van der Waals surface area contributed by atoms with Gasteiger partial charge in [-0.2, -0.15) is 0 Å². The molecule has 2 saturated heterocycles. The third-order valence-corrected chi connectivity index (χ3v) is 5.21. The van der Waals surface area contributed by atoms with Gasteiger partial charge in [0.15, 0.2) is 0 Å². The van der Waals surface area contributed by atoms with Gasteiger partial charge in [-0.15, -0.1) is 0 Å². The first-order chi connectivity index (χ1) is 13.3. The minimum Gasteiger partial charge on any atom is -0.381 e. The fourth-order valence-electron chi connectivity index (χ4n) is 3.57. The van der Waals surface area contributed by atoms with Crippen molar-refractivity contribution in [3.05, 3.63) is 42.7 Å². The molecule has 2 aliphatic rings. The molecule has 0 radical (unpaired) electrons. The van der Waals surface area contributed by atoms with E-state index in [2.05, 4.69) is 25.1 Å². The third-order valence-electron chi connectivity index (χ3n) is 5.21. The van der Waals surface area contributed by atoms with Crippen LogP contribution in [0.2, 0.25) is 0 Å². The second-order valence-electron chi connectivity index (χ2n) is 6.94. The van der Waals surface area contributed by atoms with Crippen molar-refractivity contribution in [1.29, 1.82) is 0 Å². The molecule has 0 unspecified atom stereocenters. The predicted octanol–water partition coefficient (Wildman–Crippen LogP) is 2.17. The van der Waals surface area contributed by atoms with Crippen LogP contribution in [0, 0.1) is 5.92 Å².